The highest BCUT2D eigenvalue weighted by Crippen LogP contribution is 2.35. The van der Waals surface area contributed by atoms with E-state index in [9.17, 15) is 17.6 Å². The van der Waals surface area contributed by atoms with Crippen LogP contribution in [-0.2, 0) is 24.5 Å². The molecule has 1 unspecified atom stereocenters. The van der Waals surface area contributed by atoms with Crippen molar-refractivity contribution in [3.05, 3.63) is 35.6 Å². The Kier molecular flexibility index (Phi) is 8.80. The Balaban J connectivity index is 1.35. The van der Waals surface area contributed by atoms with Crippen LogP contribution in [0.4, 0.5) is 4.39 Å². The molecule has 0 spiro atoms. The minimum Gasteiger partial charge on any atom is -0.381 e. The minimum atomic E-state index is -3.60. The van der Waals surface area contributed by atoms with E-state index in [0.717, 1.165) is 37.7 Å². The van der Waals surface area contributed by atoms with Crippen LogP contribution < -0.4 is 4.72 Å². The number of nitrogens with one attached hydrogen (secondary N) is 1. The molecule has 1 aliphatic carbocycles. The fourth-order valence-electron chi connectivity index (χ4n) is 5.42. The van der Waals surface area contributed by atoms with Gasteiger partial charge in [-0.1, -0.05) is 12.1 Å². The predicted octanol–water partition coefficient (Wildman–Crippen LogP) is 2.52. The molecule has 1 aromatic carbocycles. The lowest BCUT2D eigenvalue weighted by Crippen LogP contribution is -2.56. The Bertz CT molecular complexity index is 962. The van der Waals surface area contributed by atoms with E-state index in [1.807, 2.05) is 11.0 Å². The van der Waals surface area contributed by atoms with Gasteiger partial charge in [-0.25, -0.2) is 4.39 Å². The molecule has 196 valence electrons. The van der Waals surface area contributed by atoms with E-state index >= 15 is 0 Å². The second kappa shape index (κ2) is 11.6. The molecule has 2 saturated heterocycles. The highest BCUT2D eigenvalue weighted by molar-refractivity contribution is 7.87. The van der Waals surface area contributed by atoms with Crippen LogP contribution in [0.15, 0.2) is 24.3 Å². The largest absolute Gasteiger partial charge is 0.381 e. The smallest absolute Gasteiger partial charge is 0.279 e. The first-order valence-corrected chi connectivity index (χ1v) is 14.1. The van der Waals surface area contributed by atoms with Crippen LogP contribution in [0, 0.1) is 17.7 Å². The van der Waals surface area contributed by atoms with Crippen LogP contribution in [-0.4, -0.2) is 82.7 Å². The number of carbonyl (C=O) groups excluding carboxylic acids is 1. The van der Waals surface area contributed by atoms with Gasteiger partial charge in [0.2, 0.25) is 5.91 Å². The number of hydrogen-bond donors (Lipinski definition) is 1. The standard InChI is InChI=1S/C25H38FN3O5S/c1-28(2)35(31,32)27-24-10-12-29(25(30)20-11-13-33-16-20)15-21(24)17-34-23-8-6-18(7-9-23)19-4-3-5-22(26)14-19/h3-5,14,18,20-21,23-24,27H,6-13,15-17H2,1-2H3/t18?,20?,21-,23?,24-/m0/s1. The third-order valence-electron chi connectivity index (χ3n) is 7.65. The molecule has 35 heavy (non-hydrogen) atoms. The van der Waals surface area contributed by atoms with Crippen LogP contribution in [0.2, 0.25) is 0 Å². The van der Waals surface area contributed by atoms with Gasteiger partial charge >= 0.3 is 0 Å². The molecule has 1 aromatic rings. The van der Waals surface area contributed by atoms with Crippen LogP contribution in [0.1, 0.15) is 50.0 Å². The molecule has 8 nitrogen and oxygen atoms in total. The van der Waals surface area contributed by atoms with Crippen molar-refractivity contribution in [1.82, 2.24) is 13.9 Å². The Labute approximate surface area is 208 Å². The Morgan fingerprint density at radius 3 is 2.63 bits per heavy atom. The maximum absolute atomic E-state index is 13.6. The molecule has 3 atom stereocenters. The van der Waals surface area contributed by atoms with Crippen LogP contribution in [0.5, 0.6) is 0 Å². The lowest BCUT2D eigenvalue weighted by atomic mass is 9.82. The summed E-state index contributed by atoms with van der Waals surface area (Å²) in [7, 11) is -0.588. The summed E-state index contributed by atoms with van der Waals surface area (Å²) in [5, 5.41) is 0. The summed E-state index contributed by atoms with van der Waals surface area (Å²) in [6.45, 7) is 2.45. The summed E-state index contributed by atoms with van der Waals surface area (Å²) in [6, 6.07) is 6.54. The summed E-state index contributed by atoms with van der Waals surface area (Å²) in [5.41, 5.74) is 1.04. The number of benzene rings is 1. The maximum Gasteiger partial charge on any atom is 0.279 e. The molecule has 2 aliphatic heterocycles. The normalized spacial score (nSPS) is 30.1. The maximum atomic E-state index is 13.6. The lowest BCUT2D eigenvalue weighted by molar-refractivity contribution is -0.138. The van der Waals surface area contributed by atoms with Gasteiger partial charge in [0.05, 0.1) is 25.2 Å². The molecule has 0 bridgehead atoms. The van der Waals surface area contributed by atoms with Crippen molar-refractivity contribution in [2.24, 2.45) is 11.8 Å². The van der Waals surface area contributed by atoms with Crippen LogP contribution >= 0.6 is 0 Å². The van der Waals surface area contributed by atoms with Gasteiger partial charge in [0.15, 0.2) is 0 Å². The minimum absolute atomic E-state index is 0.0835. The van der Waals surface area contributed by atoms with E-state index in [4.69, 9.17) is 9.47 Å². The highest BCUT2D eigenvalue weighted by atomic mass is 32.2. The average Bonchev–Trinajstić information content (AvgIpc) is 3.38. The number of likely N-dealkylation sites (tertiary alicyclic amines) is 1. The number of piperidine rings is 1. The number of nitrogens with zero attached hydrogens (tertiary/aromatic N) is 2. The molecule has 1 saturated carbocycles. The van der Waals surface area contributed by atoms with Gasteiger partial charge in [-0.15, -0.1) is 0 Å². The number of halogens is 1. The molecule has 3 aliphatic rings. The fourth-order valence-corrected chi connectivity index (χ4v) is 6.33. The van der Waals surface area contributed by atoms with E-state index < -0.39 is 10.2 Å². The zero-order chi connectivity index (χ0) is 25.0. The second-order valence-corrected chi connectivity index (χ2v) is 12.2. The van der Waals surface area contributed by atoms with E-state index in [1.54, 1.807) is 12.1 Å². The van der Waals surface area contributed by atoms with Gasteiger partial charge in [0, 0.05) is 45.8 Å². The Morgan fingerprint density at radius 2 is 1.97 bits per heavy atom. The number of carbonyl (C=O) groups is 1. The zero-order valence-electron chi connectivity index (χ0n) is 20.7. The van der Waals surface area contributed by atoms with Crippen molar-refractivity contribution in [1.29, 1.82) is 0 Å². The number of rotatable bonds is 8. The Hall–Kier alpha value is -1.59. The van der Waals surface area contributed by atoms with Gasteiger partial charge in [0.1, 0.15) is 5.82 Å². The van der Waals surface area contributed by atoms with Gasteiger partial charge < -0.3 is 14.4 Å². The van der Waals surface area contributed by atoms with Crippen molar-refractivity contribution in [2.45, 2.75) is 56.6 Å². The molecule has 0 radical (unpaired) electrons. The van der Waals surface area contributed by atoms with Crippen molar-refractivity contribution >= 4 is 16.1 Å². The molecule has 1 amide bonds. The lowest BCUT2D eigenvalue weighted by Gasteiger charge is -2.40. The van der Waals surface area contributed by atoms with Crippen molar-refractivity contribution in [3.8, 4) is 0 Å². The third kappa shape index (κ3) is 6.80. The number of ether oxygens (including phenoxy) is 2. The van der Waals surface area contributed by atoms with Crippen molar-refractivity contribution in [3.63, 3.8) is 0 Å². The number of amides is 1. The van der Waals surface area contributed by atoms with E-state index in [1.165, 1.54) is 24.5 Å². The topological polar surface area (TPSA) is 88.2 Å². The van der Waals surface area contributed by atoms with E-state index in [-0.39, 0.29) is 35.7 Å². The molecule has 0 aromatic heterocycles. The third-order valence-corrected chi connectivity index (χ3v) is 9.21. The fraction of sp³-hybridized carbons (Fsp3) is 0.720. The first-order chi connectivity index (χ1) is 16.7. The SMILES string of the molecule is CN(C)S(=O)(=O)N[C@H]1CCN(C(=O)C2CCOC2)C[C@H]1COC1CCC(c2cccc(F)c2)CC1. The summed E-state index contributed by atoms with van der Waals surface area (Å²) < 4.78 is 54.3. The summed E-state index contributed by atoms with van der Waals surface area (Å²) in [5.74, 6) is -0.0123. The molecule has 1 N–H and O–H groups in total. The average molecular weight is 512 g/mol. The second-order valence-electron chi connectivity index (χ2n) is 10.3. The summed E-state index contributed by atoms with van der Waals surface area (Å²) >= 11 is 0. The molecule has 4 rings (SSSR count). The monoisotopic (exact) mass is 511 g/mol. The summed E-state index contributed by atoms with van der Waals surface area (Å²) in [4.78, 5) is 14.8. The van der Waals surface area contributed by atoms with Crippen LogP contribution in [0.25, 0.3) is 0 Å². The van der Waals surface area contributed by atoms with Crippen molar-refractivity contribution in [2.75, 3.05) is 47.0 Å². The molecule has 10 heteroatoms. The van der Waals surface area contributed by atoms with Gasteiger partial charge in [-0.3, -0.25) is 4.79 Å². The first-order valence-electron chi connectivity index (χ1n) is 12.7. The summed E-state index contributed by atoms with van der Waals surface area (Å²) in [6.07, 6.45) is 4.99. The van der Waals surface area contributed by atoms with Gasteiger partial charge in [-0.2, -0.15) is 17.4 Å². The van der Waals surface area contributed by atoms with E-state index in [0.29, 0.717) is 45.2 Å². The van der Waals surface area contributed by atoms with Crippen molar-refractivity contribution < 1.29 is 27.1 Å². The van der Waals surface area contributed by atoms with Crippen LogP contribution in [0.3, 0.4) is 0 Å². The van der Waals surface area contributed by atoms with E-state index in [2.05, 4.69) is 4.72 Å². The Morgan fingerprint density at radius 1 is 1.20 bits per heavy atom. The predicted molar refractivity (Wildman–Crippen MR) is 130 cm³/mol. The molecule has 3 fully saturated rings. The van der Waals surface area contributed by atoms with Gasteiger partial charge in [-0.05, 0) is 62.1 Å². The molecular formula is C25H38FN3O5S. The molecule has 2 heterocycles. The first kappa shape index (κ1) is 26.5. The number of hydrogen-bond acceptors (Lipinski definition) is 5. The van der Waals surface area contributed by atoms with Gasteiger partial charge in [0.25, 0.3) is 10.2 Å². The molecular weight excluding hydrogens is 473 g/mol. The highest BCUT2D eigenvalue weighted by Gasteiger charge is 2.38. The zero-order valence-corrected chi connectivity index (χ0v) is 21.5. The quantitative estimate of drug-likeness (QED) is 0.580.